The van der Waals surface area contributed by atoms with E-state index >= 15 is 0 Å². The van der Waals surface area contributed by atoms with Crippen molar-refractivity contribution in [3.8, 4) is 6.07 Å². The summed E-state index contributed by atoms with van der Waals surface area (Å²) in [6.45, 7) is 1.63. The van der Waals surface area contributed by atoms with Gasteiger partial charge in [0, 0.05) is 5.39 Å². The first-order valence-corrected chi connectivity index (χ1v) is 5.65. The molecule has 0 aliphatic heterocycles. The molecule has 0 heterocycles. The first kappa shape index (κ1) is 11.9. The first-order valence-electron chi connectivity index (χ1n) is 5.65. The molecule has 4 heteroatoms. The average molecular weight is 239 g/mol. The van der Waals surface area contributed by atoms with Crippen molar-refractivity contribution in [2.45, 2.75) is 13.0 Å². The van der Waals surface area contributed by atoms with Gasteiger partial charge < -0.3 is 10.6 Å². The smallest absolute Gasteiger partial charge is 0.320 e. The molecular formula is C14H13N3O. The fraction of sp³-hybridized carbons (Fsp3) is 0.143. The van der Waals surface area contributed by atoms with Crippen LogP contribution in [-0.2, 0) is 0 Å². The van der Waals surface area contributed by atoms with Crippen LogP contribution in [0.15, 0.2) is 42.5 Å². The highest BCUT2D eigenvalue weighted by atomic mass is 16.2. The van der Waals surface area contributed by atoms with E-state index in [1.54, 1.807) is 6.92 Å². The second-order valence-corrected chi connectivity index (χ2v) is 3.98. The SMILES string of the molecule is CC(C#N)NC(=O)Nc1cccc2ccccc12. The molecule has 1 atom stereocenters. The average Bonchev–Trinajstić information content (AvgIpc) is 2.39. The van der Waals surface area contributed by atoms with Crippen LogP contribution in [0.3, 0.4) is 0 Å². The van der Waals surface area contributed by atoms with E-state index in [2.05, 4.69) is 10.6 Å². The second-order valence-electron chi connectivity index (χ2n) is 3.98. The van der Waals surface area contributed by atoms with Crippen molar-refractivity contribution in [1.29, 1.82) is 5.26 Å². The van der Waals surface area contributed by atoms with Crippen LogP contribution in [0.1, 0.15) is 6.92 Å². The number of nitriles is 1. The van der Waals surface area contributed by atoms with Gasteiger partial charge in [-0.05, 0) is 18.4 Å². The molecule has 0 saturated carbocycles. The van der Waals surface area contributed by atoms with Gasteiger partial charge in [0.1, 0.15) is 6.04 Å². The van der Waals surface area contributed by atoms with Gasteiger partial charge in [0.2, 0.25) is 0 Å². The minimum atomic E-state index is -0.514. The molecule has 2 N–H and O–H groups in total. The van der Waals surface area contributed by atoms with Crippen molar-refractivity contribution in [3.05, 3.63) is 42.5 Å². The number of nitrogens with one attached hydrogen (secondary N) is 2. The molecule has 0 radical (unpaired) electrons. The Hall–Kier alpha value is -2.54. The molecule has 90 valence electrons. The number of rotatable bonds is 2. The third kappa shape index (κ3) is 2.58. The summed E-state index contributed by atoms with van der Waals surface area (Å²) in [5.41, 5.74) is 0.732. The molecule has 0 spiro atoms. The molecule has 18 heavy (non-hydrogen) atoms. The highest BCUT2D eigenvalue weighted by Crippen LogP contribution is 2.22. The minimum absolute atomic E-state index is 0.375. The Kier molecular flexibility index (Phi) is 3.44. The minimum Gasteiger partial charge on any atom is -0.322 e. The maximum absolute atomic E-state index is 11.7. The van der Waals surface area contributed by atoms with E-state index < -0.39 is 6.04 Å². The lowest BCUT2D eigenvalue weighted by Crippen LogP contribution is -2.35. The number of anilines is 1. The Balaban J connectivity index is 2.22. The van der Waals surface area contributed by atoms with E-state index in [1.165, 1.54) is 0 Å². The third-order valence-electron chi connectivity index (χ3n) is 2.58. The van der Waals surface area contributed by atoms with Crippen LogP contribution in [-0.4, -0.2) is 12.1 Å². The third-order valence-corrected chi connectivity index (χ3v) is 2.58. The van der Waals surface area contributed by atoms with E-state index in [9.17, 15) is 4.79 Å². The van der Waals surface area contributed by atoms with Gasteiger partial charge in [-0.2, -0.15) is 5.26 Å². The van der Waals surface area contributed by atoms with Crippen LogP contribution in [0.25, 0.3) is 10.8 Å². The number of hydrogen-bond donors (Lipinski definition) is 2. The van der Waals surface area contributed by atoms with Gasteiger partial charge in [0.15, 0.2) is 0 Å². The Morgan fingerprint density at radius 1 is 1.22 bits per heavy atom. The lowest BCUT2D eigenvalue weighted by atomic mass is 10.1. The molecule has 0 aliphatic rings. The molecule has 4 nitrogen and oxygen atoms in total. The maximum atomic E-state index is 11.7. The number of carbonyl (C=O) groups excluding carboxylic acids is 1. The maximum Gasteiger partial charge on any atom is 0.320 e. The molecule has 0 aromatic heterocycles. The summed E-state index contributed by atoms with van der Waals surface area (Å²) in [4.78, 5) is 11.7. The molecule has 0 bridgehead atoms. The normalized spacial score (nSPS) is 11.6. The van der Waals surface area contributed by atoms with Crippen molar-refractivity contribution in [2.75, 3.05) is 5.32 Å². The van der Waals surface area contributed by atoms with Crippen LogP contribution in [0.2, 0.25) is 0 Å². The molecule has 2 aromatic rings. The van der Waals surface area contributed by atoms with Gasteiger partial charge in [-0.25, -0.2) is 4.79 Å². The summed E-state index contributed by atoms with van der Waals surface area (Å²) in [5, 5.41) is 15.9. The van der Waals surface area contributed by atoms with E-state index in [-0.39, 0.29) is 6.03 Å². The van der Waals surface area contributed by atoms with E-state index in [4.69, 9.17) is 5.26 Å². The number of urea groups is 1. The fourth-order valence-electron chi connectivity index (χ4n) is 1.72. The summed E-state index contributed by atoms with van der Waals surface area (Å²) >= 11 is 0. The highest BCUT2D eigenvalue weighted by Gasteiger charge is 2.07. The number of carbonyl (C=O) groups is 1. The van der Waals surface area contributed by atoms with Crippen LogP contribution >= 0.6 is 0 Å². The largest absolute Gasteiger partial charge is 0.322 e. The Labute approximate surface area is 105 Å². The lowest BCUT2D eigenvalue weighted by Gasteiger charge is -2.10. The Bertz CT molecular complexity index is 610. The molecule has 0 saturated heterocycles. The molecule has 2 aromatic carbocycles. The molecule has 2 amide bonds. The molecule has 1 unspecified atom stereocenters. The fourth-order valence-corrected chi connectivity index (χ4v) is 1.72. The summed E-state index contributed by atoms with van der Waals surface area (Å²) in [6.07, 6.45) is 0. The van der Waals surface area contributed by atoms with Crippen LogP contribution in [0.5, 0.6) is 0 Å². The van der Waals surface area contributed by atoms with Crippen LogP contribution < -0.4 is 10.6 Å². The molecule has 0 aliphatic carbocycles. The highest BCUT2D eigenvalue weighted by molar-refractivity contribution is 6.01. The van der Waals surface area contributed by atoms with Crippen LogP contribution in [0, 0.1) is 11.3 Å². The quantitative estimate of drug-likeness (QED) is 0.846. The summed E-state index contributed by atoms with van der Waals surface area (Å²) in [5.74, 6) is 0. The molecule has 2 rings (SSSR count). The standard InChI is InChI=1S/C14H13N3O/c1-10(9-15)16-14(18)17-13-8-4-6-11-5-2-3-7-12(11)13/h2-8,10H,1H3,(H2,16,17,18). The topological polar surface area (TPSA) is 64.9 Å². The van der Waals surface area contributed by atoms with Crippen molar-refractivity contribution in [3.63, 3.8) is 0 Å². The second kappa shape index (κ2) is 5.19. The molecule has 0 fully saturated rings. The predicted molar refractivity (Wildman–Crippen MR) is 71.2 cm³/mol. The predicted octanol–water partition coefficient (Wildman–Crippen LogP) is 2.87. The summed E-state index contributed by atoms with van der Waals surface area (Å²) in [6, 6.07) is 14.5. The summed E-state index contributed by atoms with van der Waals surface area (Å²) in [7, 11) is 0. The van der Waals surface area contributed by atoms with Crippen molar-refractivity contribution in [1.82, 2.24) is 5.32 Å². The number of benzene rings is 2. The summed E-state index contributed by atoms with van der Waals surface area (Å²) < 4.78 is 0. The van der Waals surface area contributed by atoms with Crippen molar-refractivity contribution < 1.29 is 4.79 Å². The van der Waals surface area contributed by atoms with Gasteiger partial charge in [0.25, 0.3) is 0 Å². The van der Waals surface area contributed by atoms with Crippen LogP contribution in [0.4, 0.5) is 10.5 Å². The Morgan fingerprint density at radius 2 is 1.94 bits per heavy atom. The van der Waals surface area contributed by atoms with E-state index in [0.717, 1.165) is 16.5 Å². The zero-order chi connectivity index (χ0) is 13.0. The van der Waals surface area contributed by atoms with Crippen molar-refractivity contribution >= 4 is 22.5 Å². The number of fused-ring (bicyclic) bond motifs is 1. The number of nitrogens with zero attached hydrogens (tertiary/aromatic N) is 1. The monoisotopic (exact) mass is 239 g/mol. The lowest BCUT2D eigenvalue weighted by molar-refractivity contribution is 0.251. The van der Waals surface area contributed by atoms with Gasteiger partial charge in [-0.3, -0.25) is 0 Å². The molecular weight excluding hydrogens is 226 g/mol. The van der Waals surface area contributed by atoms with Gasteiger partial charge >= 0.3 is 6.03 Å². The van der Waals surface area contributed by atoms with E-state index in [0.29, 0.717) is 0 Å². The van der Waals surface area contributed by atoms with Gasteiger partial charge in [-0.15, -0.1) is 0 Å². The van der Waals surface area contributed by atoms with Gasteiger partial charge in [0.05, 0.1) is 11.8 Å². The van der Waals surface area contributed by atoms with Crippen molar-refractivity contribution in [2.24, 2.45) is 0 Å². The number of hydrogen-bond acceptors (Lipinski definition) is 2. The first-order chi connectivity index (χ1) is 8.70. The zero-order valence-corrected chi connectivity index (χ0v) is 9.97. The van der Waals surface area contributed by atoms with Gasteiger partial charge in [-0.1, -0.05) is 36.4 Å². The number of amides is 2. The zero-order valence-electron chi connectivity index (χ0n) is 9.97. The Morgan fingerprint density at radius 3 is 2.72 bits per heavy atom. The van der Waals surface area contributed by atoms with E-state index in [1.807, 2.05) is 48.5 Å².